The van der Waals surface area contributed by atoms with E-state index < -0.39 is 30.8 Å². The molecule has 1 aromatic rings. The number of amides is 2. The minimum Gasteiger partial charge on any atom is -0.326 e. The van der Waals surface area contributed by atoms with E-state index in [1.807, 2.05) is 13.8 Å². The Morgan fingerprint density at radius 2 is 1.78 bits per heavy atom. The number of hydrogen-bond donors (Lipinski definition) is 3. The number of halogens is 2. The summed E-state index contributed by atoms with van der Waals surface area (Å²) < 4.78 is 26.2. The van der Waals surface area contributed by atoms with Gasteiger partial charge in [0.05, 0.1) is 12.6 Å². The van der Waals surface area contributed by atoms with E-state index in [2.05, 4.69) is 16.0 Å². The third-order valence-electron chi connectivity index (χ3n) is 3.46. The van der Waals surface area contributed by atoms with Crippen LogP contribution in [0.5, 0.6) is 0 Å². The van der Waals surface area contributed by atoms with Crippen LogP contribution in [0.25, 0.3) is 0 Å². The minimum absolute atomic E-state index is 0.0748. The van der Waals surface area contributed by atoms with Gasteiger partial charge in [0.2, 0.25) is 11.8 Å². The Bertz CT molecular complexity index is 573. The van der Waals surface area contributed by atoms with E-state index in [1.54, 1.807) is 24.3 Å². The second kappa shape index (κ2) is 7.04. The van der Waals surface area contributed by atoms with Crippen molar-refractivity contribution < 1.29 is 18.4 Å². The van der Waals surface area contributed by atoms with E-state index >= 15 is 0 Å². The van der Waals surface area contributed by atoms with Crippen molar-refractivity contribution in [2.24, 2.45) is 5.92 Å². The van der Waals surface area contributed by atoms with Gasteiger partial charge in [0.15, 0.2) is 0 Å². The third kappa shape index (κ3) is 5.28. The first kappa shape index (κ1) is 17.3. The fraction of sp³-hybridized carbons (Fsp3) is 0.500. The molecular weight excluding hydrogens is 304 g/mol. The maximum absolute atomic E-state index is 13.1. The molecule has 0 aliphatic carbocycles. The molecule has 23 heavy (non-hydrogen) atoms. The molecule has 1 saturated heterocycles. The van der Waals surface area contributed by atoms with Crippen LogP contribution < -0.4 is 16.0 Å². The van der Waals surface area contributed by atoms with Gasteiger partial charge in [-0.05, 0) is 30.2 Å². The Morgan fingerprint density at radius 3 is 2.26 bits per heavy atom. The summed E-state index contributed by atoms with van der Waals surface area (Å²) in [6, 6.07) is 5.66. The fourth-order valence-electron chi connectivity index (χ4n) is 2.35. The number of anilines is 2. The predicted octanol–water partition coefficient (Wildman–Crippen LogP) is 2.61. The normalized spacial score (nSPS) is 19.6. The van der Waals surface area contributed by atoms with Crippen LogP contribution in [0, 0.1) is 5.92 Å². The Balaban J connectivity index is 1.87. The summed E-state index contributed by atoms with van der Waals surface area (Å²) in [6.07, 6.45) is -0.0672. The van der Waals surface area contributed by atoms with Gasteiger partial charge in [0.1, 0.15) is 0 Å². The standard InChI is InChI=1S/C16H21F2N3O2/c1-10(2)7-14(22)20-11-3-5-12(6-4-11)21-15(23)13-8-16(17,18)9-19-13/h3-6,10,13,19H,7-9H2,1-2H3,(H,20,22)(H,21,23). The van der Waals surface area contributed by atoms with Crippen molar-refractivity contribution in [3.63, 3.8) is 0 Å². The summed E-state index contributed by atoms with van der Waals surface area (Å²) in [6.45, 7) is 3.43. The Morgan fingerprint density at radius 1 is 1.22 bits per heavy atom. The Kier molecular flexibility index (Phi) is 5.30. The summed E-state index contributed by atoms with van der Waals surface area (Å²) in [5, 5.41) is 7.85. The molecule has 0 radical (unpaired) electrons. The molecule has 1 aliphatic heterocycles. The van der Waals surface area contributed by atoms with Crippen LogP contribution in [0.15, 0.2) is 24.3 Å². The fourth-order valence-corrected chi connectivity index (χ4v) is 2.35. The van der Waals surface area contributed by atoms with Crippen LogP contribution in [-0.4, -0.2) is 30.3 Å². The van der Waals surface area contributed by atoms with E-state index in [-0.39, 0.29) is 11.8 Å². The molecule has 5 nitrogen and oxygen atoms in total. The van der Waals surface area contributed by atoms with Gasteiger partial charge < -0.3 is 10.6 Å². The van der Waals surface area contributed by atoms with Crippen molar-refractivity contribution in [1.82, 2.24) is 5.32 Å². The van der Waals surface area contributed by atoms with Crippen molar-refractivity contribution in [1.29, 1.82) is 0 Å². The van der Waals surface area contributed by atoms with Crippen LogP contribution >= 0.6 is 0 Å². The maximum atomic E-state index is 13.1. The van der Waals surface area contributed by atoms with Crippen molar-refractivity contribution in [3.8, 4) is 0 Å². The van der Waals surface area contributed by atoms with Gasteiger partial charge in [-0.3, -0.25) is 14.9 Å². The summed E-state index contributed by atoms with van der Waals surface area (Å²) in [5.41, 5.74) is 1.12. The van der Waals surface area contributed by atoms with Gasteiger partial charge in [-0.15, -0.1) is 0 Å². The van der Waals surface area contributed by atoms with Crippen molar-refractivity contribution in [2.75, 3.05) is 17.2 Å². The van der Waals surface area contributed by atoms with Crippen LogP contribution in [0.2, 0.25) is 0 Å². The predicted molar refractivity (Wildman–Crippen MR) is 84.5 cm³/mol. The lowest BCUT2D eigenvalue weighted by Gasteiger charge is -2.12. The molecule has 1 unspecified atom stereocenters. The lowest BCUT2D eigenvalue weighted by atomic mass is 10.1. The largest absolute Gasteiger partial charge is 0.326 e. The molecule has 3 N–H and O–H groups in total. The quantitative estimate of drug-likeness (QED) is 0.779. The first-order valence-corrected chi connectivity index (χ1v) is 7.57. The first-order valence-electron chi connectivity index (χ1n) is 7.57. The van der Waals surface area contributed by atoms with Crippen LogP contribution in [0.1, 0.15) is 26.7 Å². The van der Waals surface area contributed by atoms with Crippen LogP contribution in [0.3, 0.4) is 0 Å². The summed E-state index contributed by atoms with van der Waals surface area (Å²) >= 11 is 0. The molecule has 0 bridgehead atoms. The molecule has 7 heteroatoms. The van der Waals surface area contributed by atoms with Crippen LogP contribution in [0.4, 0.5) is 20.2 Å². The molecule has 126 valence electrons. The number of carbonyl (C=O) groups is 2. The second-order valence-electron chi connectivity index (χ2n) is 6.21. The SMILES string of the molecule is CC(C)CC(=O)Nc1ccc(NC(=O)C2CC(F)(F)CN2)cc1. The zero-order valence-electron chi connectivity index (χ0n) is 13.2. The summed E-state index contributed by atoms with van der Waals surface area (Å²) in [5.74, 6) is -3.13. The van der Waals surface area contributed by atoms with Crippen LogP contribution in [-0.2, 0) is 9.59 Å². The van der Waals surface area contributed by atoms with E-state index in [9.17, 15) is 18.4 Å². The van der Waals surface area contributed by atoms with Gasteiger partial charge >= 0.3 is 0 Å². The Hall–Kier alpha value is -2.02. The highest BCUT2D eigenvalue weighted by molar-refractivity contribution is 5.96. The van der Waals surface area contributed by atoms with Gasteiger partial charge in [-0.2, -0.15) is 0 Å². The molecule has 1 heterocycles. The highest BCUT2D eigenvalue weighted by Gasteiger charge is 2.42. The maximum Gasteiger partial charge on any atom is 0.262 e. The second-order valence-corrected chi connectivity index (χ2v) is 6.21. The molecule has 1 fully saturated rings. The molecule has 0 aromatic heterocycles. The highest BCUT2D eigenvalue weighted by atomic mass is 19.3. The zero-order valence-corrected chi connectivity index (χ0v) is 13.2. The molecule has 2 rings (SSSR count). The number of nitrogens with one attached hydrogen (secondary N) is 3. The summed E-state index contributed by atoms with van der Waals surface area (Å²) in [7, 11) is 0. The zero-order chi connectivity index (χ0) is 17.0. The Labute approximate surface area is 133 Å². The van der Waals surface area contributed by atoms with E-state index in [0.29, 0.717) is 17.8 Å². The number of benzene rings is 1. The van der Waals surface area contributed by atoms with Gasteiger partial charge in [-0.1, -0.05) is 13.8 Å². The molecular formula is C16H21F2N3O2. The van der Waals surface area contributed by atoms with Crippen molar-refractivity contribution in [2.45, 2.75) is 38.7 Å². The van der Waals surface area contributed by atoms with Gasteiger partial charge in [0, 0.05) is 24.2 Å². The number of hydrogen-bond acceptors (Lipinski definition) is 3. The summed E-state index contributed by atoms with van der Waals surface area (Å²) in [4.78, 5) is 23.6. The van der Waals surface area contributed by atoms with E-state index in [1.165, 1.54) is 0 Å². The van der Waals surface area contributed by atoms with Crippen molar-refractivity contribution >= 4 is 23.2 Å². The smallest absolute Gasteiger partial charge is 0.262 e. The average molecular weight is 325 g/mol. The van der Waals surface area contributed by atoms with Gasteiger partial charge in [0.25, 0.3) is 5.92 Å². The van der Waals surface area contributed by atoms with Crippen molar-refractivity contribution in [3.05, 3.63) is 24.3 Å². The molecule has 1 aromatic carbocycles. The van der Waals surface area contributed by atoms with Gasteiger partial charge in [-0.25, -0.2) is 8.78 Å². The number of alkyl halides is 2. The number of rotatable bonds is 5. The lowest BCUT2D eigenvalue weighted by molar-refractivity contribution is -0.118. The molecule has 1 atom stereocenters. The average Bonchev–Trinajstić information content (AvgIpc) is 2.80. The monoisotopic (exact) mass is 325 g/mol. The first-order chi connectivity index (χ1) is 10.7. The van der Waals surface area contributed by atoms with E-state index in [0.717, 1.165) is 0 Å². The molecule has 0 saturated carbocycles. The number of carbonyl (C=O) groups excluding carboxylic acids is 2. The third-order valence-corrected chi connectivity index (χ3v) is 3.46. The topological polar surface area (TPSA) is 70.2 Å². The molecule has 0 spiro atoms. The molecule has 2 amide bonds. The highest BCUT2D eigenvalue weighted by Crippen LogP contribution is 2.26. The lowest BCUT2D eigenvalue weighted by Crippen LogP contribution is -2.35. The molecule has 1 aliphatic rings. The van der Waals surface area contributed by atoms with E-state index in [4.69, 9.17) is 0 Å². The minimum atomic E-state index is -2.84.